The molecule has 1 aromatic heterocycles. The maximum atomic E-state index is 4.74. The van der Waals surface area contributed by atoms with E-state index in [0.717, 1.165) is 18.1 Å². The van der Waals surface area contributed by atoms with Crippen molar-refractivity contribution >= 4 is 38.1 Å². The summed E-state index contributed by atoms with van der Waals surface area (Å²) in [5, 5.41) is 7.36. The van der Waals surface area contributed by atoms with Crippen LogP contribution in [0.25, 0.3) is 0 Å². The first-order chi connectivity index (χ1) is 13.3. The minimum Gasteiger partial charge on any atom is -0.415 e. The van der Waals surface area contributed by atoms with E-state index in [4.69, 9.17) is 12.6 Å². The van der Waals surface area contributed by atoms with Crippen molar-refractivity contribution in [2.45, 2.75) is 65.0 Å². The predicted molar refractivity (Wildman–Crippen MR) is 131 cm³/mol. The summed E-state index contributed by atoms with van der Waals surface area (Å²) in [5.41, 5.74) is 1.15. The molecule has 1 heterocycles. The van der Waals surface area contributed by atoms with Crippen LogP contribution in [0.5, 0.6) is 0 Å². The zero-order valence-electron chi connectivity index (χ0n) is 18.2. The highest BCUT2D eigenvalue weighted by Gasteiger charge is 2.28. The van der Waals surface area contributed by atoms with Gasteiger partial charge < -0.3 is 19.7 Å². The number of benzene rings is 1. The number of hydrogen-bond acceptors (Lipinski definition) is 4. The Labute approximate surface area is 178 Å². The van der Waals surface area contributed by atoms with Crippen LogP contribution in [-0.2, 0) is 4.87 Å². The molecule has 0 saturated carbocycles. The smallest absolute Gasteiger partial charge is 0.328 e. The van der Waals surface area contributed by atoms with Crippen LogP contribution >= 0.6 is 12.6 Å². The Morgan fingerprint density at radius 3 is 2.29 bits per heavy atom. The van der Waals surface area contributed by atoms with Crippen LogP contribution in [0.2, 0.25) is 13.6 Å². The number of anilines is 2. The van der Waals surface area contributed by atoms with Crippen molar-refractivity contribution in [1.29, 1.82) is 0 Å². The van der Waals surface area contributed by atoms with Crippen LogP contribution in [-0.4, -0.2) is 29.8 Å². The molecule has 28 heavy (non-hydrogen) atoms. The standard InChI is InChI=1S/C21H36B2N4S/c1-6-7-8-12-18-27(22(4)24-19-14-10-9-11-15-19)23(5)25-20-16-13-17-26(20)21(2,3)28/h9-11,13-17,24-25,28H,6-8,12,18H2,1-5H3. The van der Waals surface area contributed by atoms with Crippen LogP contribution in [0.15, 0.2) is 48.7 Å². The van der Waals surface area contributed by atoms with Crippen molar-refractivity contribution in [3.8, 4) is 0 Å². The van der Waals surface area contributed by atoms with E-state index in [1.165, 1.54) is 25.7 Å². The molecule has 0 bridgehead atoms. The van der Waals surface area contributed by atoms with Gasteiger partial charge in [0.2, 0.25) is 0 Å². The van der Waals surface area contributed by atoms with Gasteiger partial charge in [-0.3, -0.25) is 0 Å². The van der Waals surface area contributed by atoms with Crippen LogP contribution in [0.1, 0.15) is 46.5 Å². The lowest BCUT2D eigenvalue weighted by Crippen LogP contribution is -2.54. The zero-order chi connectivity index (χ0) is 20.6. The second-order valence-electron chi connectivity index (χ2n) is 8.06. The lowest BCUT2D eigenvalue weighted by atomic mass is 9.62. The number of para-hydroxylation sites is 1. The van der Waals surface area contributed by atoms with Gasteiger partial charge in [-0.05, 0) is 51.1 Å². The summed E-state index contributed by atoms with van der Waals surface area (Å²) in [6.45, 7) is 12.4. The molecule has 4 nitrogen and oxygen atoms in total. The normalized spacial score (nSPS) is 11.5. The molecular weight excluding hydrogens is 362 g/mol. The molecular formula is C21H36B2N4S. The highest BCUT2D eigenvalue weighted by atomic mass is 32.1. The van der Waals surface area contributed by atoms with E-state index in [-0.39, 0.29) is 18.8 Å². The molecule has 0 aliphatic heterocycles. The highest BCUT2D eigenvalue weighted by Crippen LogP contribution is 2.26. The van der Waals surface area contributed by atoms with Gasteiger partial charge in [-0.15, -0.1) is 0 Å². The van der Waals surface area contributed by atoms with E-state index in [2.05, 4.69) is 103 Å². The van der Waals surface area contributed by atoms with Gasteiger partial charge in [0.1, 0.15) is 0 Å². The third kappa shape index (κ3) is 6.85. The molecule has 2 N–H and O–H groups in total. The first kappa shape index (κ1) is 22.8. The van der Waals surface area contributed by atoms with Crippen molar-refractivity contribution in [2.75, 3.05) is 17.0 Å². The van der Waals surface area contributed by atoms with Crippen LogP contribution < -0.4 is 10.5 Å². The summed E-state index contributed by atoms with van der Waals surface area (Å²) < 4.78 is 4.68. The molecule has 7 heteroatoms. The van der Waals surface area contributed by atoms with Gasteiger partial charge >= 0.3 is 14.0 Å². The largest absolute Gasteiger partial charge is 0.415 e. The van der Waals surface area contributed by atoms with Crippen molar-refractivity contribution in [2.24, 2.45) is 0 Å². The number of aromatic nitrogens is 1. The number of thiol groups is 1. The SMILES string of the molecule is CCCCCCN(B(C)Nc1ccccc1)B(C)Nc1cccn1C(C)(C)S. The third-order valence-electron chi connectivity index (χ3n) is 5.11. The number of rotatable bonds is 12. The van der Waals surface area contributed by atoms with E-state index in [0.29, 0.717) is 0 Å². The fourth-order valence-corrected chi connectivity index (χ4v) is 3.75. The summed E-state index contributed by atoms with van der Waals surface area (Å²) in [6, 6.07) is 14.6. The fourth-order valence-electron chi connectivity index (χ4n) is 3.57. The van der Waals surface area contributed by atoms with Crippen molar-refractivity contribution in [1.82, 2.24) is 9.29 Å². The topological polar surface area (TPSA) is 32.2 Å². The second-order valence-corrected chi connectivity index (χ2v) is 9.16. The van der Waals surface area contributed by atoms with Gasteiger partial charge in [0.15, 0.2) is 0 Å². The minimum atomic E-state index is -0.245. The lowest BCUT2D eigenvalue weighted by Gasteiger charge is -2.33. The molecule has 0 aliphatic rings. The minimum absolute atomic E-state index is 0.192. The maximum Gasteiger partial charge on any atom is 0.328 e. The predicted octanol–water partition coefficient (Wildman–Crippen LogP) is 5.75. The van der Waals surface area contributed by atoms with Gasteiger partial charge in [-0.25, -0.2) is 0 Å². The number of nitrogens with zero attached hydrogens (tertiary/aromatic N) is 2. The summed E-state index contributed by atoms with van der Waals surface area (Å²) in [4.78, 5) is -0.245. The Hall–Kier alpha value is -1.46. The van der Waals surface area contributed by atoms with Crippen LogP contribution in [0, 0.1) is 0 Å². The third-order valence-corrected chi connectivity index (χ3v) is 5.32. The number of unbranched alkanes of at least 4 members (excludes halogenated alkanes) is 3. The van der Waals surface area contributed by atoms with Crippen molar-refractivity contribution < 1.29 is 0 Å². The molecule has 0 atom stereocenters. The van der Waals surface area contributed by atoms with Gasteiger partial charge in [-0.2, -0.15) is 12.6 Å². The average Bonchev–Trinajstić information content (AvgIpc) is 3.11. The van der Waals surface area contributed by atoms with E-state index in [1.807, 2.05) is 0 Å². The molecule has 0 spiro atoms. The fraction of sp³-hybridized carbons (Fsp3) is 0.524. The monoisotopic (exact) mass is 398 g/mol. The number of hydrogen-bond donors (Lipinski definition) is 3. The van der Waals surface area contributed by atoms with E-state index < -0.39 is 0 Å². The molecule has 1 aromatic carbocycles. The number of nitrogens with one attached hydrogen (secondary N) is 2. The van der Waals surface area contributed by atoms with Gasteiger partial charge in [0.05, 0.1) is 10.7 Å². The van der Waals surface area contributed by atoms with E-state index in [9.17, 15) is 0 Å². The zero-order valence-corrected chi connectivity index (χ0v) is 19.0. The first-order valence-electron chi connectivity index (χ1n) is 10.6. The average molecular weight is 398 g/mol. The molecule has 152 valence electrons. The highest BCUT2D eigenvalue weighted by molar-refractivity contribution is 7.81. The van der Waals surface area contributed by atoms with Gasteiger partial charge in [0, 0.05) is 11.9 Å². The molecule has 0 saturated heterocycles. The molecule has 0 unspecified atom stereocenters. The first-order valence-corrected chi connectivity index (χ1v) is 11.0. The Balaban J connectivity index is 2.09. The summed E-state index contributed by atoms with van der Waals surface area (Å²) in [7, 11) is 0. The van der Waals surface area contributed by atoms with Crippen molar-refractivity contribution in [3.05, 3.63) is 48.7 Å². The Morgan fingerprint density at radius 2 is 1.64 bits per heavy atom. The summed E-state index contributed by atoms with van der Waals surface area (Å²) >= 11 is 4.74. The van der Waals surface area contributed by atoms with Crippen LogP contribution in [0.4, 0.5) is 11.5 Å². The van der Waals surface area contributed by atoms with Crippen molar-refractivity contribution in [3.63, 3.8) is 0 Å². The van der Waals surface area contributed by atoms with Crippen LogP contribution in [0.3, 0.4) is 0 Å². The molecule has 0 aliphatic carbocycles. The Kier molecular flexibility index (Phi) is 8.90. The van der Waals surface area contributed by atoms with E-state index in [1.54, 1.807) is 0 Å². The molecule has 0 radical (unpaired) electrons. The molecule has 0 fully saturated rings. The summed E-state index contributed by atoms with van der Waals surface area (Å²) in [5.74, 6) is 1.10. The molecule has 2 rings (SSSR count). The Bertz CT molecular complexity index is 687. The summed E-state index contributed by atoms with van der Waals surface area (Å²) in [6.07, 6.45) is 7.12. The quantitative estimate of drug-likeness (QED) is 0.242. The lowest BCUT2D eigenvalue weighted by molar-refractivity contribution is 0.548. The Morgan fingerprint density at radius 1 is 0.964 bits per heavy atom. The molecule has 0 amide bonds. The second kappa shape index (κ2) is 10.9. The van der Waals surface area contributed by atoms with Gasteiger partial charge in [0.25, 0.3) is 0 Å². The maximum absolute atomic E-state index is 4.74. The van der Waals surface area contributed by atoms with E-state index >= 15 is 0 Å². The molecule has 2 aromatic rings. The van der Waals surface area contributed by atoms with Gasteiger partial charge in [-0.1, -0.05) is 58.0 Å².